The van der Waals surface area contributed by atoms with Crippen LogP contribution in [-0.4, -0.2) is 16.5 Å². The zero-order valence-corrected chi connectivity index (χ0v) is 13.3. The lowest BCUT2D eigenvalue weighted by Gasteiger charge is -2.20. The van der Waals surface area contributed by atoms with Gasteiger partial charge in [0.1, 0.15) is 10.8 Å². The van der Waals surface area contributed by atoms with Crippen LogP contribution in [0.3, 0.4) is 0 Å². The van der Waals surface area contributed by atoms with Crippen LogP contribution in [0.4, 0.5) is 5.82 Å². The van der Waals surface area contributed by atoms with Gasteiger partial charge in [0.05, 0.1) is 5.52 Å². The fraction of sp³-hybridized carbons (Fsp3) is 0.412. The second-order valence-electron chi connectivity index (χ2n) is 6.31. The Morgan fingerprint density at radius 3 is 2.71 bits per heavy atom. The molecule has 0 amide bonds. The second kappa shape index (κ2) is 5.26. The van der Waals surface area contributed by atoms with E-state index >= 15 is 0 Å². The van der Waals surface area contributed by atoms with Gasteiger partial charge in [-0.05, 0) is 36.3 Å². The maximum absolute atomic E-state index is 5.87. The third-order valence-electron chi connectivity index (χ3n) is 4.72. The smallest absolute Gasteiger partial charge is 0.127 e. The molecule has 21 heavy (non-hydrogen) atoms. The van der Waals surface area contributed by atoms with Gasteiger partial charge in [0.2, 0.25) is 0 Å². The van der Waals surface area contributed by atoms with Crippen molar-refractivity contribution >= 4 is 33.9 Å². The molecule has 1 saturated carbocycles. The number of para-hydroxylation sites is 1. The number of nitrogens with zero attached hydrogens (tertiary/aromatic N) is 1. The van der Waals surface area contributed by atoms with E-state index in [0.29, 0.717) is 16.3 Å². The summed E-state index contributed by atoms with van der Waals surface area (Å²) in [6, 6.07) is 9.95. The predicted molar refractivity (Wildman–Crippen MR) is 92.6 cm³/mol. The molecule has 3 rings (SSSR count). The first-order valence-electron chi connectivity index (χ1n) is 7.45. The molecule has 3 nitrogen and oxygen atoms in total. The molecular weight excluding hydrogens is 278 g/mol. The van der Waals surface area contributed by atoms with Crippen LogP contribution in [-0.2, 0) is 0 Å². The average molecular weight is 299 g/mol. The summed E-state index contributed by atoms with van der Waals surface area (Å²) in [5.74, 6) is 1.56. The summed E-state index contributed by atoms with van der Waals surface area (Å²) in [5, 5.41) is 4.50. The van der Waals surface area contributed by atoms with Crippen LogP contribution in [0.5, 0.6) is 0 Å². The minimum absolute atomic E-state index is 0.418. The van der Waals surface area contributed by atoms with E-state index in [-0.39, 0.29) is 0 Å². The molecule has 4 heteroatoms. The fourth-order valence-corrected chi connectivity index (χ4v) is 3.02. The number of thiocarbonyl (C=S) groups is 1. The van der Waals surface area contributed by atoms with Gasteiger partial charge in [0.15, 0.2) is 0 Å². The number of nitrogens with one attached hydrogen (secondary N) is 1. The summed E-state index contributed by atoms with van der Waals surface area (Å²) in [6.07, 6.45) is 2.60. The molecule has 1 heterocycles. The van der Waals surface area contributed by atoms with Crippen molar-refractivity contribution in [1.29, 1.82) is 0 Å². The number of anilines is 1. The predicted octanol–water partition coefficient (Wildman–Crippen LogP) is 3.72. The third kappa shape index (κ3) is 2.72. The van der Waals surface area contributed by atoms with E-state index in [9.17, 15) is 0 Å². The lowest BCUT2D eigenvalue weighted by molar-refractivity contribution is 0.380. The first-order valence-corrected chi connectivity index (χ1v) is 7.86. The summed E-state index contributed by atoms with van der Waals surface area (Å²) >= 11 is 5.18. The molecule has 1 aliphatic rings. The molecule has 0 aliphatic heterocycles. The SMILES string of the molecule is CC(C)C1(CNc2cc(C(N)=S)c3ccccc3n2)CC1. The summed E-state index contributed by atoms with van der Waals surface area (Å²) in [7, 11) is 0. The Balaban J connectivity index is 1.91. The molecule has 110 valence electrons. The summed E-state index contributed by atoms with van der Waals surface area (Å²) in [4.78, 5) is 5.10. The first-order chi connectivity index (χ1) is 10.0. The molecule has 0 saturated heterocycles. The molecule has 0 spiro atoms. The van der Waals surface area contributed by atoms with E-state index < -0.39 is 0 Å². The van der Waals surface area contributed by atoms with E-state index in [2.05, 4.69) is 24.1 Å². The first kappa shape index (κ1) is 14.3. The largest absolute Gasteiger partial charge is 0.389 e. The summed E-state index contributed by atoms with van der Waals surface area (Å²) in [5.41, 5.74) is 8.13. The van der Waals surface area contributed by atoms with Crippen LogP contribution in [0.1, 0.15) is 32.3 Å². The standard InChI is InChI=1S/C17H21N3S/c1-11(2)17(7-8-17)10-19-15-9-13(16(18)21)12-5-3-4-6-14(12)20-15/h3-6,9,11H,7-8,10H2,1-2H3,(H2,18,21)(H,19,20). The number of pyridine rings is 1. The number of hydrogen-bond acceptors (Lipinski definition) is 3. The van der Waals surface area contributed by atoms with Gasteiger partial charge in [0, 0.05) is 17.5 Å². The Kier molecular flexibility index (Phi) is 3.57. The van der Waals surface area contributed by atoms with Crippen molar-refractivity contribution in [3.63, 3.8) is 0 Å². The van der Waals surface area contributed by atoms with Crippen molar-refractivity contribution in [1.82, 2.24) is 4.98 Å². The van der Waals surface area contributed by atoms with Crippen molar-refractivity contribution in [2.45, 2.75) is 26.7 Å². The summed E-state index contributed by atoms with van der Waals surface area (Å²) in [6.45, 7) is 5.55. The lowest BCUT2D eigenvalue weighted by atomic mass is 9.92. The quantitative estimate of drug-likeness (QED) is 0.826. The van der Waals surface area contributed by atoms with Crippen molar-refractivity contribution in [2.75, 3.05) is 11.9 Å². The molecule has 0 unspecified atom stereocenters. The normalized spacial score (nSPS) is 16.1. The van der Waals surface area contributed by atoms with Crippen LogP contribution in [0.15, 0.2) is 30.3 Å². The molecule has 1 aromatic heterocycles. The van der Waals surface area contributed by atoms with Crippen LogP contribution >= 0.6 is 12.2 Å². The van der Waals surface area contributed by atoms with Crippen molar-refractivity contribution in [3.8, 4) is 0 Å². The Hall–Kier alpha value is -1.68. The van der Waals surface area contributed by atoms with Gasteiger partial charge in [-0.3, -0.25) is 0 Å². The van der Waals surface area contributed by atoms with E-state index in [1.54, 1.807) is 0 Å². The Labute approximate surface area is 130 Å². The highest BCUT2D eigenvalue weighted by atomic mass is 32.1. The van der Waals surface area contributed by atoms with Crippen molar-refractivity contribution in [3.05, 3.63) is 35.9 Å². The number of fused-ring (bicyclic) bond motifs is 1. The molecular formula is C17H21N3S. The van der Waals surface area contributed by atoms with Crippen molar-refractivity contribution in [2.24, 2.45) is 17.1 Å². The van der Waals surface area contributed by atoms with E-state index in [1.807, 2.05) is 30.3 Å². The number of nitrogens with two attached hydrogens (primary N) is 1. The maximum atomic E-state index is 5.87. The molecule has 1 aliphatic carbocycles. The van der Waals surface area contributed by atoms with Gasteiger partial charge < -0.3 is 11.1 Å². The van der Waals surface area contributed by atoms with Crippen LogP contribution in [0.25, 0.3) is 10.9 Å². The minimum atomic E-state index is 0.418. The van der Waals surface area contributed by atoms with Crippen LogP contribution < -0.4 is 11.1 Å². The molecule has 3 N–H and O–H groups in total. The topological polar surface area (TPSA) is 50.9 Å². The lowest BCUT2D eigenvalue weighted by Crippen LogP contribution is -2.21. The van der Waals surface area contributed by atoms with Gasteiger partial charge >= 0.3 is 0 Å². The van der Waals surface area contributed by atoms with Crippen LogP contribution in [0.2, 0.25) is 0 Å². The Bertz CT molecular complexity index is 689. The average Bonchev–Trinajstić information content (AvgIpc) is 3.25. The monoisotopic (exact) mass is 299 g/mol. The maximum Gasteiger partial charge on any atom is 0.127 e. The van der Waals surface area contributed by atoms with Gasteiger partial charge in [0.25, 0.3) is 0 Å². The summed E-state index contributed by atoms with van der Waals surface area (Å²) < 4.78 is 0. The Morgan fingerprint density at radius 2 is 2.10 bits per heavy atom. The zero-order valence-electron chi connectivity index (χ0n) is 12.5. The molecule has 0 atom stereocenters. The van der Waals surface area contributed by atoms with Gasteiger partial charge in [-0.1, -0.05) is 44.3 Å². The second-order valence-corrected chi connectivity index (χ2v) is 6.75. The number of rotatable bonds is 5. The van der Waals surface area contributed by atoms with E-state index in [0.717, 1.165) is 28.8 Å². The highest BCUT2D eigenvalue weighted by molar-refractivity contribution is 7.80. The minimum Gasteiger partial charge on any atom is -0.389 e. The molecule has 1 aromatic carbocycles. The van der Waals surface area contributed by atoms with Gasteiger partial charge in [-0.15, -0.1) is 0 Å². The third-order valence-corrected chi connectivity index (χ3v) is 4.94. The molecule has 0 bridgehead atoms. The van der Waals surface area contributed by atoms with E-state index in [1.165, 1.54) is 12.8 Å². The van der Waals surface area contributed by atoms with Crippen molar-refractivity contribution < 1.29 is 0 Å². The number of hydrogen-bond donors (Lipinski definition) is 2. The van der Waals surface area contributed by atoms with Gasteiger partial charge in [-0.25, -0.2) is 4.98 Å². The zero-order chi connectivity index (χ0) is 15.0. The van der Waals surface area contributed by atoms with Gasteiger partial charge in [-0.2, -0.15) is 0 Å². The Morgan fingerprint density at radius 1 is 1.38 bits per heavy atom. The molecule has 2 aromatic rings. The number of benzene rings is 1. The highest BCUT2D eigenvalue weighted by Crippen LogP contribution is 2.51. The number of aromatic nitrogens is 1. The molecule has 0 radical (unpaired) electrons. The molecule has 1 fully saturated rings. The highest BCUT2D eigenvalue weighted by Gasteiger charge is 2.44. The van der Waals surface area contributed by atoms with E-state index in [4.69, 9.17) is 18.0 Å². The fourth-order valence-electron chi connectivity index (χ4n) is 2.86. The van der Waals surface area contributed by atoms with Crippen LogP contribution in [0, 0.1) is 11.3 Å².